The molecule has 0 radical (unpaired) electrons. The Labute approximate surface area is 118 Å². The molecule has 1 aromatic carbocycles. The Bertz CT molecular complexity index is 610. The van der Waals surface area contributed by atoms with E-state index in [9.17, 15) is 4.79 Å². The topological polar surface area (TPSA) is 129 Å². The first-order valence-electron chi connectivity index (χ1n) is 5.55. The lowest BCUT2D eigenvalue weighted by Gasteiger charge is -1.94. The minimum absolute atomic E-state index is 0.119. The highest BCUT2D eigenvalue weighted by atomic mass is 32.2. The number of rotatable bonds is 6. The lowest BCUT2D eigenvalue weighted by molar-refractivity contribution is -0.115. The second-order valence-corrected chi connectivity index (χ2v) is 4.63. The Morgan fingerprint density at radius 2 is 2.25 bits per heavy atom. The number of nitrogens with two attached hydrogens (primary N) is 1. The van der Waals surface area contributed by atoms with Gasteiger partial charge in [0.2, 0.25) is 17.0 Å². The Morgan fingerprint density at radius 3 is 2.95 bits per heavy atom. The van der Waals surface area contributed by atoms with E-state index in [1.54, 1.807) is 30.5 Å². The lowest BCUT2D eigenvalue weighted by Crippen LogP contribution is -2.13. The summed E-state index contributed by atoms with van der Waals surface area (Å²) in [7, 11) is 0. The van der Waals surface area contributed by atoms with Gasteiger partial charge in [-0.1, -0.05) is 11.8 Å². The van der Waals surface area contributed by atoms with E-state index in [0.717, 1.165) is 17.3 Å². The molecule has 1 aromatic heterocycles. The van der Waals surface area contributed by atoms with Gasteiger partial charge in [-0.2, -0.15) is 10.1 Å². The number of phenols is 1. The van der Waals surface area contributed by atoms with Gasteiger partial charge in [0.25, 0.3) is 0 Å². The normalized spacial score (nSPS) is 10.8. The molecule has 104 valence electrons. The summed E-state index contributed by atoms with van der Waals surface area (Å²) >= 11 is 1.13. The molecule has 0 spiro atoms. The predicted octanol–water partition coefficient (Wildman–Crippen LogP) is 0.534. The largest absolute Gasteiger partial charge is 0.508 e. The van der Waals surface area contributed by atoms with Gasteiger partial charge in [0.1, 0.15) is 5.75 Å². The molecule has 0 saturated heterocycles. The summed E-state index contributed by atoms with van der Waals surface area (Å²) in [6, 6.07) is 6.56. The van der Waals surface area contributed by atoms with Crippen molar-refractivity contribution in [3.63, 3.8) is 0 Å². The third kappa shape index (κ3) is 4.28. The molecule has 2 rings (SSSR count). The maximum atomic E-state index is 10.6. The summed E-state index contributed by atoms with van der Waals surface area (Å²) in [4.78, 5) is 14.7. The molecule has 9 heteroatoms. The van der Waals surface area contributed by atoms with Crippen LogP contribution in [0, 0.1) is 0 Å². The number of hydrogen-bond acceptors (Lipinski definition) is 7. The first-order chi connectivity index (χ1) is 9.63. The first kappa shape index (κ1) is 13.9. The molecule has 0 atom stereocenters. The van der Waals surface area contributed by atoms with Crippen LogP contribution in [0.1, 0.15) is 5.56 Å². The molecule has 1 amide bonds. The summed E-state index contributed by atoms with van der Waals surface area (Å²) in [5, 5.41) is 20.0. The zero-order valence-electron chi connectivity index (χ0n) is 10.3. The molecule has 0 aliphatic heterocycles. The number of aromatic amines is 1. The monoisotopic (exact) mass is 292 g/mol. The summed E-state index contributed by atoms with van der Waals surface area (Å²) in [6.07, 6.45) is 1.57. The highest BCUT2D eigenvalue weighted by Gasteiger charge is 2.04. The number of carbonyl (C=O) groups is 1. The van der Waals surface area contributed by atoms with Crippen molar-refractivity contribution < 1.29 is 9.90 Å². The van der Waals surface area contributed by atoms with Gasteiger partial charge in [0.05, 0.1) is 12.0 Å². The van der Waals surface area contributed by atoms with Gasteiger partial charge < -0.3 is 10.8 Å². The quantitative estimate of drug-likeness (QED) is 0.349. The number of amides is 1. The highest BCUT2D eigenvalue weighted by molar-refractivity contribution is 7.99. The molecule has 0 aliphatic carbocycles. The van der Waals surface area contributed by atoms with Gasteiger partial charge in [-0.3, -0.25) is 4.79 Å². The van der Waals surface area contributed by atoms with Crippen molar-refractivity contribution in [3.8, 4) is 5.75 Å². The number of anilines is 1. The molecule has 0 fully saturated rings. The molecule has 0 aliphatic rings. The second kappa shape index (κ2) is 6.57. The van der Waals surface area contributed by atoms with Crippen molar-refractivity contribution in [2.45, 2.75) is 5.16 Å². The van der Waals surface area contributed by atoms with Crippen molar-refractivity contribution in [3.05, 3.63) is 29.8 Å². The number of primary amides is 1. The Kier molecular flexibility index (Phi) is 4.56. The van der Waals surface area contributed by atoms with E-state index < -0.39 is 5.91 Å². The predicted molar refractivity (Wildman–Crippen MR) is 75.6 cm³/mol. The third-order valence-electron chi connectivity index (χ3n) is 2.09. The summed E-state index contributed by atoms with van der Waals surface area (Å²) < 4.78 is 0. The van der Waals surface area contributed by atoms with Crippen LogP contribution < -0.4 is 11.2 Å². The van der Waals surface area contributed by atoms with Crippen LogP contribution in [-0.4, -0.2) is 38.2 Å². The zero-order valence-corrected chi connectivity index (χ0v) is 11.1. The van der Waals surface area contributed by atoms with E-state index in [0.29, 0.717) is 11.1 Å². The number of nitrogens with zero attached hydrogens (tertiary/aromatic N) is 3. The van der Waals surface area contributed by atoms with Crippen molar-refractivity contribution in [1.29, 1.82) is 0 Å². The number of H-pyrrole nitrogens is 1. The summed E-state index contributed by atoms with van der Waals surface area (Å²) in [5.41, 5.74) is 8.50. The van der Waals surface area contributed by atoms with Crippen LogP contribution in [0.5, 0.6) is 5.75 Å². The Balaban J connectivity index is 1.87. The number of thioether (sulfide) groups is 1. The van der Waals surface area contributed by atoms with E-state index in [4.69, 9.17) is 10.8 Å². The minimum atomic E-state index is -0.431. The van der Waals surface area contributed by atoms with Gasteiger partial charge in [-0.15, -0.1) is 5.10 Å². The molecule has 1 heterocycles. The molecule has 0 saturated carbocycles. The van der Waals surface area contributed by atoms with Gasteiger partial charge in [-0.05, 0) is 29.8 Å². The van der Waals surface area contributed by atoms with Gasteiger partial charge in [0.15, 0.2) is 0 Å². The van der Waals surface area contributed by atoms with Crippen LogP contribution >= 0.6 is 11.8 Å². The third-order valence-corrected chi connectivity index (χ3v) is 2.96. The number of hydrazone groups is 1. The van der Waals surface area contributed by atoms with Gasteiger partial charge in [0, 0.05) is 0 Å². The smallest absolute Gasteiger partial charge is 0.240 e. The average molecular weight is 292 g/mol. The van der Waals surface area contributed by atoms with Crippen LogP contribution in [0.25, 0.3) is 0 Å². The fourth-order valence-corrected chi connectivity index (χ4v) is 1.76. The highest BCUT2D eigenvalue weighted by Crippen LogP contribution is 2.13. The number of carbonyl (C=O) groups excluding carboxylic acids is 1. The van der Waals surface area contributed by atoms with E-state index in [-0.39, 0.29) is 11.5 Å². The molecular formula is C11H12N6O2S. The maximum Gasteiger partial charge on any atom is 0.240 e. The summed E-state index contributed by atoms with van der Waals surface area (Å²) in [6.45, 7) is 0. The number of aromatic hydroxyl groups is 1. The number of benzene rings is 1. The van der Waals surface area contributed by atoms with Crippen LogP contribution in [0.2, 0.25) is 0 Å². The van der Waals surface area contributed by atoms with Crippen molar-refractivity contribution >= 4 is 29.8 Å². The number of hydrogen-bond donors (Lipinski definition) is 4. The SMILES string of the molecule is NC(=O)CSc1n[nH]c(N/N=C/c2ccc(O)cc2)n1. The zero-order chi connectivity index (χ0) is 14.4. The standard InChI is InChI=1S/C11H12N6O2S/c12-9(19)6-20-11-14-10(16-17-11)15-13-5-7-1-3-8(18)4-2-7/h1-5,18H,6H2,(H2,12,19)(H2,14,15,16,17)/b13-5+. The minimum Gasteiger partial charge on any atom is -0.508 e. The van der Waals surface area contributed by atoms with E-state index in [1.807, 2.05) is 0 Å². The Hall–Kier alpha value is -2.55. The molecule has 0 bridgehead atoms. The number of phenolic OH excluding ortho intramolecular Hbond substituents is 1. The molecule has 0 unspecified atom stereocenters. The maximum absolute atomic E-state index is 10.6. The number of nitrogens with one attached hydrogen (secondary N) is 2. The lowest BCUT2D eigenvalue weighted by atomic mass is 10.2. The van der Waals surface area contributed by atoms with Crippen LogP contribution in [0.15, 0.2) is 34.5 Å². The van der Waals surface area contributed by atoms with Crippen LogP contribution in [0.3, 0.4) is 0 Å². The Morgan fingerprint density at radius 1 is 1.50 bits per heavy atom. The molecule has 8 nitrogen and oxygen atoms in total. The molecule has 2 aromatic rings. The van der Waals surface area contributed by atoms with E-state index in [2.05, 4.69) is 25.7 Å². The molecule has 5 N–H and O–H groups in total. The molecule has 20 heavy (non-hydrogen) atoms. The molecular weight excluding hydrogens is 280 g/mol. The van der Waals surface area contributed by atoms with Crippen molar-refractivity contribution in [2.75, 3.05) is 11.2 Å². The van der Waals surface area contributed by atoms with Crippen LogP contribution in [-0.2, 0) is 4.79 Å². The van der Waals surface area contributed by atoms with Crippen molar-refractivity contribution in [1.82, 2.24) is 15.2 Å². The van der Waals surface area contributed by atoms with Gasteiger partial charge >= 0.3 is 0 Å². The van der Waals surface area contributed by atoms with E-state index >= 15 is 0 Å². The van der Waals surface area contributed by atoms with Crippen LogP contribution in [0.4, 0.5) is 5.95 Å². The van der Waals surface area contributed by atoms with Gasteiger partial charge in [-0.25, -0.2) is 10.5 Å². The number of aromatic nitrogens is 3. The fourth-order valence-electron chi connectivity index (χ4n) is 1.22. The van der Waals surface area contributed by atoms with E-state index in [1.165, 1.54) is 0 Å². The average Bonchev–Trinajstić information content (AvgIpc) is 2.87. The first-order valence-corrected chi connectivity index (χ1v) is 6.53. The summed E-state index contributed by atoms with van der Waals surface area (Å²) in [5.74, 6) is 0.238. The fraction of sp³-hybridized carbons (Fsp3) is 0.0909. The van der Waals surface area contributed by atoms with Crippen molar-refractivity contribution in [2.24, 2.45) is 10.8 Å². The second-order valence-electron chi connectivity index (χ2n) is 3.68.